The van der Waals surface area contributed by atoms with E-state index < -0.39 is 18.1 Å². The number of esters is 1. The number of oxazole rings is 1. The molecule has 8 heteroatoms. The van der Waals surface area contributed by atoms with Crippen molar-refractivity contribution in [2.45, 2.75) is 24.4 Å². The molecule has 2 aliphatic heterocycles. The molecule has 4 aromatic rings. The third-order valence-electron chi connectivity index (χ3n) is 6.35. The SMILES string of the molecule is CC1=C(C(=O)OC(c2ccccc2)c2ccccc2)N2C(=O)[C@@H](Nc3nc4ccccc4o3)C2SC1. The Hall–Kier alpha value is -4.04. The molecule has 0 bridgehead atoms. The number of hydrogen-bond acceptors (Lipinski definition) is 7. The maximum absolute atomic E-state index is 13.5. The number of amides is 1. The first kappa shape index (κ1) is 22.4. The molecule has 1 unspecified atom stereocenters. The minimum Gasteiger partial charge on any atom is -0.448 e. The zero-order chi connectivity index (χ0) is 24.6. The standard InChI is InChI=1S/C28H23N3O4S/c1-17-16-36-26-22(30-28-29-20-14-8-9-15-21(20)34-28)25(32)31(26)23(17)27(33)35-24(18-10-4-2-5-11-18)19-12-6-3-7-13-19/h2-15,22,24,26H,16H2,1H3,(H,29,30)/t22-,26?/m1/s1. The summed E-state index contributed by atoms with van der Waals surface area (Å²) in [5.74, 6) is -0.104. The van der Waals surface area contributed by atoms with E-state index in [9.17, 15) is 9.59 Å². The third-order valence-corrected chi connectivity index (χ3v) is 7.78. The van der Waals surface area contributed by atoms with E-state index in [1.54, 1.807) is 16.7 Å². The van der Waals surface area contributed by atoms with Gasteiger partial charge in [-0.2, -0.15) is 4.98 Å². The molecule has 1 N–H and O–H groups in total. The van der Waals surface area contributed by atoms with Crippen molar-refractivity contribution in [1.82, 2.24) is 9.88 Å². The van der Waals surface area contributed by atoms with E-state index in [0.717, 1.165) is 16.7 Å². The van der Waals surface area contributed by atoms with Crippen molar-refractivity contribution in [3.63, 3.8) is 0 Å². The Bertz CT molecular complexity index is 1400. The fourth-order valence-electron chi connectivity index (χ4n) is 4.58. The van der Waals surface area contributed by atoms with Crippen molar-refractivity contribution < 1.29 is 18.7 Å². The van der Waals surface area contributed by atoms with Crippen LogP contribution in [-0.4, -0.2) is 38.9 Å². The summed E-state index contributed by atoms with van der Waals surface area (Å²) in [5, 5.41) is 2.86. The van der Waals surface area contributed by atoms with Gasteiger partial charge in [0.15, 0.2) is 11.7 Å². The number of aromatic nitrogens is 1. The summed E-state index contributed by atoms with van der Waals surface area (Å²) in [6.07, 6.45) is -0.585. The van der Waals surface area contributed by atoms with Crippen LogP contribution in [0.3, 0.4) is 0 Å². The van der Waals surface area contributed by atoms with Crippen molar-refractivity contribution in [3.8, 4) is 0 Å². The average Bonchev–Trinajstić information content (AvgIpc) is 3.34. The number of rotatable bonds is 6. The van der Waals surface area contributed by atoms with Crippen LogP contribution in [0.4, 0.5) is 6.01 Å². The van der Waals surface area contributed by atoms with Gasteiger partial charge < -0.3 is 14.5 Å². The van der Waals surface area contributed by atoms with Gasteiger partial charge in [0.05, 0.1) is 0 Å². The lowest BCUT2D eigenvalue weighted by Crippen LogP contribution is -2.67. The first-order valence-corrected chi connectivity index (χ1v) is 12.7. The monoisotopic (exact) mass is 497 g/mol. The van der Waals surface area contributed by atoms with Gasteiger partial charge in [-0.05, 0) is 35.8 Å². The molecule has 0 spiro atoms. The molecule has 3 heterocycles. The summed E-state index contributed by atoms with van der Waals surface area (Å²) in [6.45, 7) is 1.87. The number of ether oxygens (including phenoxy) is 1. The second-order valence-corrected chi connectivity index (χ2v) is 9.86. The van der Waals surface area contributed by atoms with Crippen LogP contribution in [0, 0.1) is 0 Å². The zero-order valence-electron chi connectivity index (χ0n) is 19.5. The number of para-hydroxylation sites is 2. The van der Waals surface area contributed by atoms with Crippen LogP contribution in [0.2, 0.25) is 0 Å². The molecular formula is C28H23N3O4S. The van der Waals surface area contributed by atoms with Crippen LogP contribution >= 0.6 is 11.8 Å². The highest BCUT2D eigenvalue weighted by Gasteiger charge is 2.54. The van der Waals surface area contributed by atoms with E-state index in [1.165, 1.54) is 0 Å². The predicted molar refractivity (Wildman–Crippen MR) is 138 cm³/mol. The van der Waals surface area contributed by atoms with E-state index in [1.807, 2.05) is 91.9 Å². The molecule has 2 atom stereocenters. The highest BCUT2D eigenvalue weighted by atomic mass is 32.2. The number of β-lactam (4-membered cyclic amide) rings is 1. The minimum atomic E-state index is -0.585. The van der Waals surface area contributed by atoms with Crippen molar-refractivity contribution in [2.24, 2.45) is 0 Å². The lowest BCUT2D eigenvalue weighted by atomic mass is 10.0. The maximum atomic E-state index is 13.5. The van der Waals surface area contributed by atoms with Gasteiger partial charge in [0, 0.05) is 5.75 Å². The molecule has 36 heavy (non-hydrogen) atoms. The molecule has 1 fully saturated rings. The van der Waals surface area contributed by atoms with Crippen molar-refractivity contribution >= 4 is 40.8 Å². The number of anilines is 1. The smallest absolute Gasteiger partial charge is 0.356 e. The molecule has 0 aliphatic carbocycles. The van der Waals surface area contributed by atoms with Crippen molar-refractivity contribution in [2.75, 3.05) is 11.1 Å². The molecule has 3 aromatic carbocycles. The van der Waals surface area contributed by atoms with Crippen LogP contribution < -0.4 is 5.32 Å². The number of fused-ring (bicyclic) bond motifs is 2. The largest absolute Gasteiger partial charge is 0.448 e. The van der Waals surface area contributed by atoms with Crippen LogP contribution in [0.5, 0.6) is 0 Å². The topological polar surface area (TPSA) is 84.7 Å². The van der Waals surface area contributed by atoms with E-state index in [2.05, 4.69) is 10.3 Å². The number of nitrogens with zero attached hydrogens (tertiary/aromatic N) is 2. The quantitative estimate of drug-likeness (QED) is 0.292. The lowest BCUT2D eigenvalue weighted by Gasteiger charge is -2.49. The fraction of sp³-hybridized carbons (Fsp3) is 0.179. The van der Waals surface area contributed by atoms with Crippen LogP contribution in [0.15, 0.2) is 101 Å². The maximum Gasteiger partial charge on any atom is 0.356 e. The Labute approximate surface area is 212 Å². The summed E-state index contributed by atoms with van der Waals surface area (Å²) < 4.78 is 11.8. The van der Waals surface area contributed by atoms with Gasteiger partial charge in [0.1, 0.15) is 22.6 Å². The Morgan fingerprint density at radius 2 is 1.67 bits per heavy atom. The molecular weight excluding hydrogens is 474 g/mol. The molecule has 180 valence electrons. The normalized spacial score (nSPS) is 19.3. The number of carbonyl (C=O) groups excluding carboxylic acids is 2. The average molecular weight is 498 g/mol. The second-order valence-electron chi connectivity index (χ2n) is 8.75. The van der Waals surface area contributed by atoms with Gasteiger partial charge in [-0.1, -0.05) is 72.8 Å². The van der Waals surface area contributed by atoms with Gasteiger partial charge in [0.25, 0.3) is 11.9 Å². The number of nitrogens with one attached hydrogen (secondary N) is 1. The fourth-order valence-corrected chi connectivity index (χ4v) is 5.87. The highest BCUT2D eigenvalue weighted by Crippen LogP contribution is 2.42. The Kier molecular flexibility index (Phi) is 5.73. The number of carbonyl (C=O) groups is 2. The zero-order valence-corrected chi connectivity index (χ0v) is 20.3. The molecule has 0 radical (unpaired) electrons. The molecule has 1 aromatic heterocycles. The van der Waals surface area contributed by atoms with Gasteiger partial charge in [0.2, 0.25) is 0 Å². The second kappa shape index (κ2) is 9.20. The van der Waals surface area contributed by atoms with Crippen molar-refractivity contribution in [3.05, 3.63) is 107 Å². The first-order chi connectivity index (χ1) is 17.6. The van der Waals surface area contributed by atoms with E-state index in [-0.39, 0.29) is 11.3 Å². The Morgan fingerprint density at radius 1 is 1.03 bits per heavy atom. The summed E-state index contributed by atoms with van der Waals surface area (Å²) >= 11 is 1.60. The molecule has 7 nitrogen and oxygen atoms in total. The van der Waals surface area contributed by atoms with Gasteiger partial charge in [-0.25, -0.2) is 4.79 Å². The van der Waals surface area contributed by atoms with Crippen LogP contribution in [0.1, 0.15) is 24.2 Å². The summed E-state index contributed by atoms with van der Waals surface area (Å²) in [6, 6.07) is 26.4. The number of thioether (sulfide) groups is 1. The highest BCUT2D eigenvalue weighted by molar-refractivity contribution is 8.00. The Morgan fingerprint density at radius 3 is 2.33 bits per heavy atom. The number of hydrogen-bond donors (Lipinski definition) is 1. The van der Waals surface area contributed by atoms with E-state index in [0.29, 0.717) is 28.6 Å². The predicted octanol–water partition coefficient (Wildman–Crippen LogP) is 5.13. The molecule has 1 amide bonds. The summed E-state index contributed by atoms with van der Waals surface area (Å²) in [5.41, 5.74) is 4.22. The van der Waals surface area contributed by atoms with Gasteiger partial charge in [-0.15, -0.1) is 11.8 Å². The summed E-state index contributed by atoms with van der Waals surface area (Å²) in [4.78, 5) is 32.8. The van der Waals surface area contributed by atoms with Gasteiger partial charge >= 0.3 is 5.97 Å². The molecule has 2 aliphatic rings. The van der Waals surface area contributed by atoms with Crippen molar-refractivity contribution in [1.29, 1.82) is 0 Å². The molecule has 0 saturated carbocycles. The van der Waals surface area contributed by atoms with Gasteiger partial charge in [-0.3, -0.25) is 9.69 Å². The van der Waals surface area contributed by atoms with E-state index in [4.69, 9.17) is 9.15 Å². The lowest BCUT2D eigenvalue weighted by molar-refractivity contribution is -0.152. The molecule has 1 saturated heterocycles. The van der Waals surface area contributed by atoms with Crippen LogP contribution in [0.25, 0.3) is 11.1 Å². The first-order valence-electron chi connectivity index (χ1n) is 11.7. The van der Waals surface area contributed by atoms with E-state index >= 15 is 0 Å². The summed E-state index contributed by atoms with van der Waals surface area (Å²) in [7, 11) is 0. The Balaban J connectivity index is 1.24. The minimum absolute atomic E-state index is 0.211. The molecule has 6 rings (SSSR count). The third kappa shape index (κ3) is 3.93. The van der Waals surface area contributed by atoms with Crippen LogP contribution in [-0.2, 0) is 14.3 Å². The number of benzene rings is 3.